The molecule has 0 aromatic carbocycles. The zero-order chi connectivity index (χ0) is 8.85. The second-order valence-electron chi connectivity index (χ2n) is 3.40. The zero-order valence-corrected chi connectivity index (χ0v) is 8.59. The molecule has 2 nitrogen and oxygen atoms in total. The third-order valence-electron chi connectivity index (χ3n) is 2.12. The molecule has 0 aromatic rings. The van der Waals surface area contributed by atoms with Gasteiger partial charge in [-0.3, -0.25) is 0 Å². The van der Waals surface area contributed by atoms with Gasteiger partial charge in [0, 0.05) is 7.05 Å². The second kappa shape index (κ2) is 5.56. The van der Waals surface area contributed by atoms with Crippen molar-refractivity contribution in [3.8, 4) is 0 Å². The van der Waals surface area contributed by atoms with E-state index in [1.54, 1.807) is 0 Å². The molecule has 0 aliphatic carbocycles. The molecule has 0 aliphatic rings. The van der Waals surface area contributed by atoms with Crippen LogP contribution in [0.5, 0.6) is 0 Å². The normalized spacial score (nSPS) is 12.0. The van der Waals surface area contributed by atoms with Crippen LogP contribution in [0.15, 0.2) is 0 Å². The summed E-state index contributed by atoms with van der Waals surface area (Å²) in [5.41, 5.74) is 0. The predicted octanol–water partition coefficient (Wildman–Crippen LogP) is 1.81. The van der Waals surface area contributed by atoms with Crippen LogP contribution in [0.4, 0.5) is 0 Å². The van der Waals surface area contributed by atoms with Crippen molar-refractivity contribution in [3.05, 3.63) is 0 Å². The number of nitrogens with zero attached hydrogens (tertiary/aromatic N) is 2. The Kier molecular flexibility index (Phi) is 5.51. The lowest BCUT2D eigenvalue weighted by atomic mass is 10.3. The van der Waals surface area contributed by atoms with E-state index >= 15 is 0 Å². The van der Waals surface area contributed by atoms with Gasteiger partial charge in [0.05, 0.1) is 6.54 Å². The highest BCUT2D eigenvalue weighted by Gasteiger charge is 2.18. The minimum absolute atomic E-state index is 0.608. The molecule has 11 heavy (non-hydrogen) atoms. The van der Waals surface area contributed by atoms with Crippen LogP contribution in [0.3, 0.4) is 0 Å². The maximum atomic E-state index is 2.29. The number of rotatable bonds is 5. The third kappa shape index (κ3) is 4.38. The van der Waals surface area contributed by atoms with Gasteiger partial charge in [-0.25, -0.2) is 0 Å². The molecule has 2 heteroatoms. The third-order valence-corrected chi connectivity index (χ3v) is 2.12. The van der Waals surface area contributed by atoms with E-state index < -0.39 is 0 Å². The van der Waals surface area contributed by atoms with Crippen LogP contribution in [0.1, 0.15) is 33.6 Å². The standard InChI is InChI=1S/C9H22N2/c1-6-7-8-10(4)11(5)9(2)3/h9H,6-8H2,1-5H3/q+1. The summed E-state index contributed by atoms with van der Waals surface area (Å²) in [5.74, 6) is 0. The highest BCUT2D eigenvalue weighted by atomic mass is 15.6. The average Bonchev–Trinajstić information content (AvgIpc) is 1.98. The van der Waals surface area contributed by atoms with E-state index in [0.29, 0.717) is 6.04 Å². The summed E-state index contributed by atoms with van der Waals surface area (Å²) in [6, 6.07) is 0.608. The Morgan fingerprint density at radius 2 is 1.91 bits per heavy atom. The Hall–Kier alpha value is -0.0800. The Morgan fingerprint density at radius 3 is 2.27 bits per heavy atom. The summed E-state index contributed by atoms with van der Waals surface area (Å²) < 4.78 is 0. The summed E-state index contributed by atoms with van der Waals surface area (Å²) in [4.78, 5) is 0. The van der Waals surface area contributed by atoms with Crippen molar-refractivity contribution >= 4 is 0 Å². The Bertz CT molecular complexity index is 91.6. The highest BCUT2D eigenvalue weighted by molar-refractivity contribution is 4.58. The molecule has 0 saturated heterocycles. The van der Waals surface area contributed by atoms with Crippen LogP contribution in [0, 0.1) is 0 Å². The largest absolute Gasteiger partial charge is 0.149 e. The minimum atomic E-state index is 0.608. The molecule has 0 rings (SSSR count). The molecule has 67 valence electrons. The summed E-state index contributed by atoms with van der Waals surface area (Å²) in [5, 5.41) is 4.56. The predicted molar refractivity (Wildman–Crippen MR) is 50.7 cm³/mol. The van der Waals surface area contributed by atoms with Crippen LogP contribution >= 0.6 is 0 Å². The maximum Gasteiger partial charge on any atom is 0.149 e. The summed E-state index contributed by atoms with van der Waals surface area (Å²) in [7, 11) is 4.29. The van der Waals surface area contributed by atoms with Gasteiger partial charge in [-0.2, -0.15) is 0 Å². The molecule has 0 fully saturated rings. The van der Waals surface area contributed by atoms with Gasteiger partial charge in [0.1, 0.15) is 13.1 Å². The molecule has 0 bridgehead atoms. The van der Waals surface area contributed by atoms with Crippen LogP contribution in [-0.4, -0.2) is 31.7 Å². The quantitative estimate of drug-likeness (QED) is 0.438. The van der Waals surface area contributed by atoms with Gasteiger partial charge in [0.25, 0.3) is 0 Å². The fourth-order valence-corrected chi connectivity index (χ4v) is 0.939. The smallest absolute Gasteiger partial charge is 0.109 e. The van der Waals surface area contributed by atoms with Crippen molar-refractivity contribution in [2.24, 2.45) is 0 Å². The van der Waals surface area contributed by atoms with Gasteiger partial charge in [-0.05, 0) is 20.3 Å². The van der Waals surface area contributed by atoms with E-state index in [2.05, 4.69) is 44.9 Å². The van der Waals surface area contributed by atoms with E-state index in [9.17, 15) is 0 Å². The Morgan fingerprint density at radius 1 is 1.36 bits per heavy atom. The first-order valence-corrected chi connectivity index (χ1v) is 4.53. The number of hydrazine groups is 1. The van der Waals surface area contributed by atoms with Crippen molar-refractivity contribution in [1.29, 1.82) is 0 Å². The molecule has 0 aliphatic heterocycles. The molecule has 0 heterocycles. The first-order valence-electron chi connectivity index (χ1n) is 4.53. The van der Waals surface area contributed by atoms with Crippen molar-refractivity contribution in [2.75, 3.05) is 20.6 Å². The zero-order valence-electron chi connectivity index (χ0n) is 8.59. The minimum Gasteiger partial charge on any atom is -0.109 e. The molecular formula is C9H22N2+. The lowest BCUT2D eigenvalue weighted by molar-refractivity contribution is 0.0951. The van der Waals surface area contributed by atoms with Crippen molar-refractivity contribution in [2.45, 2.75) is 39.7 Å². The topological polar surface area (TPSA) is 9.14 Å². The summed E-state index contributed by atoms with van der Waals surface area (Å²) in [6.07, 6.45) is 2.56. The van der Waals surface area contributed by atoms with Crippen molar-refractivity contribution in [1.82, 2.24) is 10.0 Å². The Balaban J connectivity index is 3.55. The number of hydrogen-bond acceptors (Lipinski definition) is 2. The van der Waals surface area contributed by atoms with E-state index in [1.807, 2.05) is 0 Å². The van der Waals surface area contributed by atoms with Gasteiger partial charge < -0.3 is 0 Å². The van der Waals surface area contributed by atoms with Crippen LogP contribution in [-0.2, 0) is 0 Å². The monoisotopic (exact) mass is 158 g/mol. The molecule has 0 amide bonds. The Labute approximate surface area is 71.1 Å². The van der Waals surface area contributed by atoms with E-state index in [1.165, 1.54) is 19.4 Å². The highest BCUT2D eigenvalue weighted by Crippen LogP contribution is 1.96. The van der Waals surface area contributed by atoms with E-state index in [4.69, 9.17) is 0 Å². The molecule has 0 spiro atoms. The lowest BCUT2D eigenvalue weighted by Crippen LogP contribution is -2.46. The molecule has 0 N–H and O–H groups in total. The molecule has 1 radical (unpaired) electrons. The first-order chi connectivity index (χ1) is 5.09. The molecule has 0 saturated carbocycles. The van der Waals surface area contributed by atoms with Gasteiger partial charge >= 0.3 is 0 Å². The van der Waals surface area contributed by atoms with Gasteiger partial charge in [0.2, 0.25) is 0 Å². The second-order valence-corrected chi connectivity index (χ2v) is 3.40. The number of hydrogen-bond donors (Lipinski definition) is 0. The van der Waals surface area contributed by atoms with Gasteiger partial charge in [0.15, 0.2) is 0 Å². The number of unbranched alkanes of at least 4 members (excludes halogenated alkanes) is 1. The SMILES string of the molecule is CCCCN(C)[N+](C)C(C)C. The first kappa shape index (κ1) is 10.9. The van der Waals surface area contributed by atoms with Crippen molar-refractivity contribution in [3.63, 3.8) is 0 Å². The van der Waals surface area contributed by atoms with E-state index in [0.717, 1.165) is 0 Å². The van der Waals surface area contributed by atoms with E-state index in [-0.39, 0.29) is 0 Å². The fourth-order valence-electron chi connectivity index (χ4n) is 0.939. The molecule has 0 unspecified atom stereocenters. The van der Waals surface area contributed by atoms with Crippen LogP contribution in [0.25, 0.3) is 0 Å². The fraction of sp³-hybridized carbons (Fsp3) is 1.00. The maximum absolute atomic E-state index is 2.29. The van der Waals surface area contributed by atoms with Gasteiger partial charge in [-0.1, -0.05) is 18.4 Å². The lowest BCUT2D eigenvalue weighted by Gasteiger charge is -2.19. The van der Waals surface area contributed by atoms with Gasteiger partial charge in [-0.15, -0.1) is 5.01 Å². The van der Waals surface area contributed by atoms with Crippen LogP contribution in [0.2, 0.25) is 0 Å². The summed E-state index contributed by atoms with van der Waals surface area (Å²) in [6.45, 7) is 7.82. The molecule has 0 aromatic heterocycles. The van der Waals surface area contributed by atoms with Crippen molar-refractivity contribution < 1.29 is 0 Å². The molecular weight excluding hydrogens is 136 g/mol. The average molecular weight is 158 g/mol. The van der Waals surface area contributed by atoms with Crippen LogP contribution < -0.4 is 5.01 Å². The summed E-state index contributed by atoms with van der Waals surface area (Å²) >= 11 is 0. The molecule has 0 atom stereocenters.